The number of esters is 1. The Morgan fingerprint density at radius 3 is 2.82 bits per heavy atom. The smallest absolute Gasteiger partial charge is 0.406 e. The van der Waals surface area contributed by atoms with Crippen LogP contribution in [0, 0.1) is 17.2 Å². The predicted molar refractivity (Wildman–Crippen MR) is 46.5 cm³/mol. The first-order valence-electron chi connectivity index (χ1n) is 4.32. The van der Waals surface area contributed by atoms with Crippen molar-refractivity contribution >= 4 is 5.97 Å². The molecule has 0 saturated carbocycles. The summed E-state index contributed by atoms with van der Waals surface area (Å²) in [7, 11) is 1.09. The number of ether oxygens (including phenoxy) is 1. The van der Waals surface area contributed by atoms with Crippen molar-refractivity contribution in [2.45, 2.75) is 12.7 Å². The van der Waals surface area contributed by atoms with Crippen molar-refractivity contribution in [2.24, 2.45) is 5.92 Å². The molecule has 1 unspecified atom stereocenters. The van der Waals surface area contributed by atoms with Crippen LogP contribution >= 0.6 is 0 Å². The Morgan fingerprint density at radius 2 is 2.35 bits per heavy atom. The third kappa shape index (κ3) is 3.17. The molecule has 0 saturated heterocycles. The van der Waals surface area contributed by atoms with E-state index in [9.17, 15) is 18.0 Å². The molecule has 0 amide bonds. The molecule has 1 aromatic heterocycles. The molecule has 0 radical (unpaired) electrons. The second-order valence-corrected chi connectivity index (χ2v) is 3.01. The molecule has 9 heteroatoms. The fourth-order valence-electron chi connectivity index (χ4n) is 0.972. The van der Waals surface area contributed by atoms with E-state index < -0.39 is 24.6 Å². The lowest BCUT2D eigenvalue weighted by molar-refractivity contribution is -0.162. The lowest BCUT2D eigenvalue weighted by atomic mass is 10.2. The summed E-state index contributed by atoms with van der Waals surface area (Å²) in [6, 6.07) is 1.11. The Labute approximate surface area is 93.6 Å². The van der Waals surface area contributed by atoms with Crippen molar-refractivity contribution in [1.82, 2.24) is 14.8 Å². The molecule has 0 spiro atoms. The number of halogens is 3. The first kappa shape index (κ1) is 13.0. The monoisotopic (exact) mass is 248 g/mol. The highest BCUT2D eigenvalue weighted by atomic mass is 19.4. The second kappa shape index (κ2) is 4.82. The highest BCUT2D eigenvalue weighted by molar-refractivity contribution is 5.84. The SMILES string of the molecule is COC(=O)c1ncn(CC(C#N)C(F)(F)F)n1. The van der Waals surface area contributed by atoms with Gasteiger partial charge in [0.1, 0.15) is 6.33 Å². The fraction of sp³-hybridized carbons (Fsp3) is 0.500. The number of hydrogen-bond acceptors (Lipinski definition) is 5. The fourth-order valence-corrected chi connectivity index (χ4v) is 0.972. The van der Waals surface area contributed by atoms with Crippen molar-refractivity contribution in [3.05, 3.63) is 12.2 Å². The molecule has 6 nitrogen and oxygen atoms in total. The van der Waals surface area contributed by atoms with Crippen LogP contribution in [-0.2, 0) is 11.3 Å². The van der Waals surface area contributed by atoms with Gasteiger partial charge in [-0.3, -0.25) is 4.68 Å². The molecule has 0 N–H and O–H groups in total. The van der Waals surface area contributed by atoms with E-state index in [1.807, 2.05) is 0 Å². The van der Waals surface area contributed by atoms with E-state index in [4.69, 9.17) is 5.26 Å². The zero-order valence-corrected chi connectivity index (χ0v) is 8.60. The van der Waals surface area contributed by atoms with Crippen LogP contribution in [0.1, 0.15) is 10.6 Å². The lowest BCUT2D eigenvalue weighted by Crippen LogP contribution is -2.26. The summed E-state index contributed by atoms with van der Waals surface area (Å²) in [6.07, 6.45) is -3.71. The zero-order chi connectivity index (χ0) is 13.1. The van der Waals surface area contributed by atoms with Crippen LogP contribution in [0.15, 0.2) is 6.33 Å². The Balaban J connectivity index is 2.79. The minimum Gasteiger partial charge on any atom is -0.463 e. The summed E-state index contributed by atoms with van der Waals surface area (Å²) in [5.41, 5.74) is 0. The molecule has 0 aliphatic heterocycles. The molecule has 1 heterocycles. The van der Waals surface area contributed by atoms with Gasteiger partial charge in [0.05, 0.1) is 19.7 Å². The topological polar surface area (TPSA) is 80.8 Å². The molecule has 1 rings (SSSR count). The van der Waals surface area contributed by atoms with Gasteiger partial charge in [0, 0.05) is 0 Å². The van der Waals surface area contributed by atoms with Gasteiger partial charge in [-0.25, -0.2) is 9.78 Å². The van der Waals surface area contributed by atoms with Gasteiger partial charge in [-0.1, -0.05) is 0 Å². The van der Waals surface area contributed by atoms with E-state index in [0.717, 1.165) is 24.2 Å². The molecule has 1 aromatic rings. The highest BCUT2D eigenvalue weighted by Gasteiger charge is 2.40. The first-order chi connectivity index (χ1) is 7.88. The standard InChI is InChI=1S/C8H7F3N4O2/c1-17-7(16)6-13-4-15(14-6)3-5(2-12)8(9,10)11/h4-5H,3H2,1H3. The van der Waals surface area contributed by atoms with Crippen LogP contribution in [0.4, 0.5) is 13.2 Å². The van der Waals surface area contributed by atoms with E-state index in [1.54, 1.807) is 0 Å². The lowest BCUT2D eigenvalue weighted by Gasteiger charge is -2.12. The molecular weight excluding hydrogens is 241 g/mol. The average molecular weight is 248 g/mol. The van der Waals surface area contributed by atoms with Crippen molar-refractivity contribution in [3.63, 3.8) is 0 Å². The summed E-state index contributed by atoms with van der Waals surface area (Å²) in [4.78, 5) is 14.4. The Hall–Kier alpha value is -2.11. The normalized spacial score (nSPS) is 12.9. The second-order valence-electron chi connectivity index (χ2n) is 3.01. The number of methoxy groups -OCH3 is 1. The number of nitriles is 1. The Bertz CT molecular complexity index is 448. The molecule has 1 atom stereocenters. The van der Waals surface area contributed by atoms with Gasteiger partial charge in [0.25, 0.3) is 5.82 Å². The van der Waals surface area contributed by atoms with E-state index >= 15 is 0 Å². The van der Waals surface area contributed by atoms with Crippen molar-refractivity contribution in [1.29, 1.82) is 5.26 Å². The van der Waals surface area contributed by atoms with Crippen LogP contribution in [0.5, 0.6) is 0 Å². The summed E-state index contributed by atoms with van der Waals surface area (Å²) in [6.45, 7) is -0.718. The average Bonchev–Trinajstić information content (AvgIpc) is 2.71. The maximum Gasteiger partial charge on any atom is 0.406 e. The molecule has 0 aromatic carbocycles. The zero-order valence-electron chi connectivity index (χ0n) is 8.60. The van der Waals surface area contributed by atoms with Gasteiger partial charge < -0.3 is 4.74 Å². The van der Waals surface area contributed by atoms with Gasteiger partial charge in [-0.05, 0) is 0 Å². The van der Waals surface area contributed by atoms with Gasteiger partial charge in [0.2, 0.25) is 0 Å². The predicted octanol–water partition coefficient (Wildman–Crippen LogP) is 0.767. The molecule has 0 aliphatic carbocycles. The highest BCUT2D eigenvalue weighted by Crippen LogP contribution is 2.26. The Kier molecular flexibility index (Phi) is 3.67. The van der Waals surface area contributed by atoms with Gasteiger partial charge in [0.15, 0.2) is 5.92 Å². The van der Waals surface area contributed by atoms with Crippen molar-refractivity contribution < 1.29 is 22.7 Å². The summed E-state index contributed by atoms with van der Waals surface area (Å²) >= 11 is 0. The number of carbonyl (C=O) groups is 1. The van der Waals surface area contributed by atoms with E-state index in [0.29, 0.717) is 0 Å². The summed E-state index contributed by atoms with van der Waals surface area (Å²) < 4.78 is 41.8. The number of carbonyl (C=O) groups excluding carboxylic acids is 1. The number of alkyl halides is 3. The quantitative estimate of drug-likeness (QED) is 0.738. The minimum absolute atomic E-state index is 0.355. The van der Waals surface area contributed by atoms with Crippen molar-refractivity contribution in [3.8, 4) is 6.07 Å². The maximum absolute atomic E-state index is 12.3. The number of nitrogens with zero attached hydrogens (tertiary/aromatic N) is 4. The van der Waals surface area contributed by atoms with Gasteiger partial charge in [-0.15, -0.1) is 5.10 Å². The van der Waals surface area contributed by atoms with Gasteiger partial charge in [-0.2, -0.15) is 18.4 Å². The number of aromatic nitrogens is 3. The largest absolute Gasteiger partial charge is 0.463 e. The van der Waals surface area contributed by atoms with Crippen LogP contribution in [0.2, 0.25) is 0 Å². The summed E-state index contributed by atoms with van der Waals surface area (Å²) in [5, 5.41) is 11.8. The molecular formula is C8H7F3N4O2. The van der Waals surface area contributed by atoms with Gasteiger partial charge >= 0.3 is 12.1 Å². The van der Waals surface area contributed by atoms with Crippen LogP contribution in [-0.4, -0.2) is 34.0 Å². The number of rotatable bonds is 3. The Morgan fingerprint density at radius 1 is 1.71 bits per heavy atom. The molecule has 92 valence electrons. The third-order valence-corrected chi connectivity index (χ3v) is 1.83. The van der Waals surface area contributed by atoms with Crippen molar-refractivity contribution in [2.75, 3.05) is 7.11 Å². The molecule has 0 fully saturated rings. The molecule has 0 bridgehead atoms. The minimum atomic E-state index is -4.65. The first-order valence-corrected chi connectivity index (χ1v) is 4.32. The number of hydrogen-bond donors (Lipinski definition) is 0. The summed E-state index contributed by atoms with van der Waals surface area (Å²) in [5.74, 6) is -3.41. The maximum atomic E-state index is 12.3. The molecule has 0 aliphatic rings. The van der Waals surface area contributed by atoms with E-state index in [2.05, 4.69) is 14.8 Å². The van der Waals surface area contributed by atoms with E-state index in [-0.39, 0.29) is 5.82 Å². The third-order valence-electron chi connectivity index (χ3n) is 1.83. The van der Waals surface area contributed by atoms with Crippen LogP contribution in [0.3, 0.4) is 0 Å². The van der Waals surface area contributed by atoms with Crippen LogP contribution < -0.4 is 0 Å². The van der Waals surface area contributed by atoms with E-state index in [1.165, 1.54) is 0 Å². The molecule has 17 heavy (non-hydrogen) atoms. The van der Waals surface area contributed by atoms with Crippen LogP contribution in [0.25, 0.3) is 0 Å².